The van der Waals surface area contributed by atoms with Crippen molar-refractivity contribution in [2.75, 3.05) is 19.8 Å². The molecule has 1 atom stereocenters. The second-order valence-electron chi connectivity index (χ2n) is 5.23. The highest BCUT2D eigenvalue weighted by molar-refractivity contribution is 6.32. The van der Waals surface area contributed by atoms with E-state index in [4.69, 9.17) is 32.5 Å². The topological polar surface area (TPSA) is 70.5 Å². The van der Waals surface area contributed by atoms with Crippen LogP contribution in [0.1, 0.15) is 36.9 Å². The molecule has 20 heavy (non-hydrogen) atoms. The summed E-state index contributed by atoms with van der Waals surface area (Å²) < 4.78 is 11.3. The average Bonchev–Trinajstić information content (AvgIpc) is 3.26. The lowest BCUT2D eigenvalue weighted by Gasteiger charge is -2.18. The number of ether oxygens (including phenoxy) is 2. The Morgan fingerprint density at radius 3 is 2.75 bits per heavy atom. The van der Waals surface area contributed by atoms with Gasteiger partial charge in [-0.25, -0.2) is 0 Å². The van der Waals surface area contributed by atoms with Gasteiger partial charge in [-0.2, -0.15) is 0 Å². The molecular weight excluding hydrogens is 276 g/mol. The van der Waals surface area contributed by atoms with Gasteiger partial charge in [-0.3, -0.25) is 0 Å². The van der Waals surface area contributed by atoms with E-state index in [-0.39, 0.29) is 6.04 Å². The smallest absolute Gasteiger partial charge is 0.142 e. The average molecular weight is 299 g/mol. The van der Waals surface area contributed by atoms with Gasteiger partial charge in [0, 0.05) is 24.8 Å². The second-order valence-corrected chi connectivity index (χ2v) is 5.64. The zero-order valence-electron chi connectivity index (χ0n) is 11.9. The maximum absolute atomic E-state index is 6.34. The first-order valence-electron chi connectivity index (χ1n) is 7.14. The maximum Gasteiger partial charge on any atom is 0.142 e. The van der Waals surface area contributed by atoms with Gasteiger partial charge < -0.3 is 20.9 Å². The van der Waals surface area contributed by atoms with E-state index in [9.17, 15) is 0 Å². The number of hydrogen-bond acceptors (Lipinski definition) is 4. The van der Waals surface area contributed by atoms with Crippen molar-refractivity contribution >= 4 is 11.6 Å². The Kier molecular flexibility index (Phi) is 5.66. The summed E-state index contributed by atoms with van der Waals surface area (Å²) in [6, 6.07) is 3.59. The van der Waals surface area contributed by atoms with Gasteiger partial charge in [-0.1, -0.05) is 11.6 Å². The lowest BCUT2D eigenvalue weighted by atomic mass is 10.0. The largest absolute Gasteiger partial charge is 0.491 e. The van der Waals surface area contributed by atoms with Crippen molar-refractivity contribution in [1.82, 2.24) is 0 Å². The summed E-state index contributed by atoms with van der Waals surface area (Å²) in [5.41, 5.74) is 13.6. The van der Waals surface area contributed by atoms with E-state index >= 15 is 0 Å². The summed E-state index contributed by atoms with van der Waals surface area (Å²) in [6.45, 7) is 4.20. The molecule has 0 saturated heterocycles. The van der Waals surface area contributed by atoms with E-state index in [2.05, 4.69) is 0 Å². The molecule has 1 aromatic rings. The first-order valence-corrected chi connectivity index (χ1v) is 7.52. The van der Waals surface area contributed by atoms with Gasteiger partial charge in [0.15, 0.2) is 0 Å². The van der Waals surface area contributed by atoms with Crippen LogP contribution in [0.25, 0.3) is 0 Å². The van der Waals surface area contributed by atoms with Crippen molar-refractivity contribution < 1.29 is 9.47 Å². The molecule has 1 fully saturated rings. The molecule has 5 heteroatoms. The normalized spacial score (nSPS) is 16.2. The molecule has 4 nitrogen and oxygen atoms in total. The van der Waals surface area contributed by atoms with Gasteiger partial charge in [0.2, 0.25) is 0 Å². The predicted molar refractivity (Wildman–Crippen MR) is 81.0 cm³/mol. The Bertz CT molecular complexity index is 450. The third-order valence-electron chi connectivity index (χ3n) is 3.42. The number of rotatable bonds is 8. The minimum absolute atomic E-state index is 0.275. The van der Waals surface area contributed by atoms with Crippen LogP contribution in [-0.4, -0.2) is 19.8 Å². The summed E-state index contributed by atoms with van der Waals surface area (Å²) in [4.78, 5) is 0. The lowest BCUT2D eigenvalue weighted by Crippen LogP contribution is -2.22. The molecule has 112 valence electrons. The van der Waals surface area contributed by atoms with Gasteiger partial charge in [-0.15, -0.1) is 0 Å². The summed E-state index contributed by atoms with van der Waals surface area (Å²) in [5, 5.41) is 0.585. The predicted octanol–water partition coefficient (Wildman–Crippen LogP) is 2.62. The number of benzene rings is 1. The van der Waals surface area contributed by atoms with Gasteiger partial charge in [0.25, 0.3) is 0 Å². The van der Waals surface area contributed by atoms with Gasteiger partial charge in [0.1, 0.15) is 5.75 Å². The number of halogens is 1. The van der Waals surface area contributed by atoms with E-state index < -0.39 is 0 Å². The van der Waals surface area contributed by atoms with E-state index in [0.717, 1.165) is 11.1 Å². The number of nitrogens with two attached hydrogens (primary N) is 2. The standard InChI is InChI=1S/C15H23ClN2O2/c1-2-19-8-11-5-12(14(18)7-17)15(13(16)6-11)20-9-10-3-4-10/h5-6,10,14H,2-4,7-9,17-18H2,1H3. The van der Waals surface area contributed by atoms with Crippen LogP contribution in [0.2, 0.25) is 5.02 Å². The second kappa shape index (κ2) is 7.27. The first kappa shape index (κ1) is 15.6. The molecule has 4 N–H and O–H groups in total. The van der Waals surface area contributed by atoms with Crippen LogP contribution >= 0.6 is 11.6 Å². The van der Waals surface area contributed by atoms with E-state index in [1.165, 1.54) is 12.8 Å². The zero-order chi connectivity index (χ0) is 14.5. The molecule has 1 unspecified atom stereocenters. The Morgan fingerprint density at radius 2 is 2.15 bits per heavy atom. The van der Waals surface area contributed by atoms with Crippen LogP contribution in [0.15, 0.2) is 12.1 Å². The molecule has 0 amide bonds. The molecule has 0 spiro atoms. The molecule has 1 aliphatic carbocycles. The molecule has 2 rings (SSSR count). The first-order chi connectivity index (χ1) is 9.65. The highest BCUT2D eigenvalue weighted by Crippen LogP contribution is 2.36. The molecule has 1 aromatic carbocycles. The van der Waals surface area contributed by atoms with Crippen molar-refractivity contribution in [3.63, 3.8) is 0 Å². The Labute approximate surface area is 125 Å². The fraction of sp³-hybridized carbons (Fsp3) is 0.600. The van der Waals surface area contributed by atoms with Crippen molar-refractivity contribution in [1.29, 1.82) is 0 Å². The monoisotopic (exact) mass is 298 g/mol. The molecule has 0 aromatic heterocycles. The van der Waals surface area contributed by atoms with Crippen LogP contribution in [-0.2, 0) is 11.3 Å². The summed E-state index contributed by atoms with van der Waals surface area (Å²) in [5.74, 6) is 1.34. The van der Waals surface area contributed by atoms with Crippen molar-refractivity contribution in [2.24, 2.45) is 17.4 Å². The highest BCUT2D eigenvalue weighted by atomic mass is 35.5. The fourth-order valence-corrected chi connectivity index (χ4v) is 2.32. The quantitative estimate of drug-likeness (QED) is 0.774. The van der Waals surface area contributed by atoms with Crippen molar-refractivity contribution in [3.8, 4) is 5.75 Å². The molecular formula is C15H23ClN2O2. The van der Waals surface area contributed by atoms with Crippen LogP contribution in [0.5, 0.6) is 5.75 Å². The summed E-state index contributed by atoms with van der Waals surface area (Å²) >= 11 is 6.34. The molecule has 0 heterocycles. The SMILES string of the molecule is CCOCc1cc(Cl)c(OCC2CC2)c(C(N)CN)c1. The van der Waals surface area contributed by atoms with Crippen LogP contribution in [0.4, 0.5) is 0 Å². The van der Waals surface area contributed by atoms with Crippen LogP contribution < -0.4 is 16.2 Å². The molecule has 1 saturated carbocycles. The Hall–Kier alpha value is -0.810. The Morgan fingerprint density at radius 1 is 1.40 bits per heavy atom. The van der Waals surface area contributed by atoms with E-state index in [1.807, 2.05) is 19.1 Å². The van der Waals surface area contributed by atoms with Gasteiger partial charge in [-0.05, 0) is 43.4 Å². The maximum atomic E-state index is 6.34. The third-order valence-corrected chi connectivity index (χ3v) is 3.70. The molecule has 0 bridgehead atoms. The minimum atomic E-state index is -0.275. The molecule has 0 radical (unpaired) electrons. The minimum Gasteiger partial charge on any atom is -0.491 e. The number of hydrogen-bond donors (Lipinski definition) is 2. The third kappa shape index (κ3) is 4.09. The van der Waals surface area contributed by atoms with Crippen LogP contribution in [0.3, 0.4) is 0 Å². The zero-order valence-corrected chi connectivity index (χ0v) is 12.7. The van der Waals surface area contributed by atoms with Crippen molar-refractivity contribution in [2.45, 2.75) is 32.4 Å². The van der Waals surface area contributed by atoms with E-state index in [0.29, 0.717) is 43.1 Å². The fourth-order valence-electron chi connectivity index (χ4n) is 2.02. The lowest BCUT2D eigenvalue weighted by molar-refractivity contribution is 0.134. The van der Waals surface area contributed by atoms with E-state index in [1.54, 1.807) is 0 Å². The van der Waals surface area contributed by atoms with Crippen molar-refractivity contribution in [3.05, 3.63) is 28.3 Å². The summed E-state index contributed by atoms with van der Waals surface area (Å²) in [6.07, 6.45) is 2.47. The van der Waals surface area contributed by atoms with Gasteiger partial charge >= 0.3 is 0 Å². The molecule has 0 aliphatic heterocycles. The highest BCUT2D eigenvalue weighted by Gasteiger charge is 2.24. The van der Waals surface area contributed by atoms with Crippen LogP contribution in [0, 0.1) is 5.92 Å². The summed E-state index contributed by atoms with van der Waals surface area (Å²) in [7, 11) is 0. The van der Waals surface area contributed by atoms with Gasteiger partial charge in [0.05, 0.1) is 18.2 Å². The molecule has 1 aliphatic rings. The Balaban J connectivity index is 2.21.